The number of carbonyl (C=O) groups is 2. The number of hydrogen-bond acceptors (Lipinski definition) is 5. The Balaban J connectivity index is 2.10. The van der Waals surface area contributed by atoms with Gasteiger partial charge in [-0.1, -0.05) is 149 Å². The molecule has 0 saturated carbocycles. The molecule has 6 heteroatoms. The van der Waals surface area contributed by atoms with Crippen LogP contribution in [0.1, 0.15) is 180 Å². The molecule has 1 aromatic carbocycles. The Hall–Kier alpha value is -1.69. The summed E-state index contributed by atoms with van der Waals surface area (Å²) in [5, 5.41) is 20.3. The lowest BCUT2D eigenvalue weighted by Gasteiger charge is -2.23. The summed E-state index contributed by atoms with van der Waals surface area (Å²) in [6.45, 7) is 12.9. The van der Waals surface area contributed by atoms with Crippen LogP contribution in [0.5, 0.6) is 5.75 Å². The van der Waals surface area contributed by atoms with Crippen molar-refractivity contribution in [3.8, 4) is 5.75 Å². The average Bonchev–Trinajstić information content (AvgIpc) is 2.99. The predicted octanol–water partition coefficient (Wildman–Crippen LogP) is 11.7. The molecule has 1 aromatic rings. The average molecular weight is 663 g/mol. The highest BCUT2D eigenvalue weighted by molar-refractivity contribution is 7.99. The molecule has 0 aliphatic rings. The van der Waals surface area contributed by atoms with Crippen molar-refractivity contribution in [1.29, 1.82) is 0 Å². The van der Waals surface area contributed by atoms with Gasteiger partial charge >= 0.3 is 11.9 Å². The Morgan fingerprint density at radius 2 is 1.33 bits per heavy atom. The van der Waals surface area contributed by atoms with Gasteiger partial charge in [-0.2, -0.15) is 11.8 Å². The van der Waals surface area contributed by atoms with Crippen LogP contribution < -0.4 is 0 Å². The van der Waals surface area contributed by atoms with Gasteiger partial charge in [0.25, 0.3) is 0 Å². The number of carboxylic acid groups (broad SMARTS) is 1. The molecule has 266 valence electrons. The largest absolute Gasteiger partial charge is 0.507 e. The molecule has 0 bridgehead atoms. The SMILES string of the molecule is CCCCCCCCCCCCCCCCCC(=O)OCCSC(C)C(CCCCCc1cc(C)c(O)c(C(C)(C)C)c1)C(=O)O. The van der Waals surface area contributed by atoms with E-state index in [0.29, 0.717) is 31.0 Å². The van der Waals surface area contributed by atoms with E-state index in [4.69, 9.17) is 4.74 Å². The second-order valence-electron chi connectivity index (χ2n) is 14.6. The quantitative estimate of drug-likeness (QED) is 0.0686. The lowest BCUT2D eigenvalue weighted by molar-refractivity contribution is -0.143. The molecule has 0 heterocycles. The van der Waals surface area contributed by atoms with E-state index in [2.05, 4.69) is 39.8 Å². The number of phenolic OH excluding ortho intramolecular Hbond substituents is 1. The molecule has 1 rings (SSSR count). The van der Waals surface area contributed by atoms with E-state index in [1.165, 1.54) is 89.0 Å². The van der Waals surface area contributed by atoms with Crippen LogP contribution in [0.15, 0.2) is 12.1 Å². The molecule has 2 atom stereocenters. The van der Waals surface area contributed by atoms with Crippen molar-refractivity contribution in [3.05, 3.63) is 28.8 Å². The molecular formula is C40H70O5S. The molecule has 0 saturated heterocycles. The lowest BCUT2D eigenvalue weighted by Crippen LogP contribution is -2.24. The first kappa shape index (κ1) is 42.3. The van der Waals surface area contributed by atoms with E-state index < -0.39 is 11.9 Å². The normalized spacial score (nSPS) is 13.1. The van der Waals surface area contributed by atoms with Crippen LogP contribution in [0.4, 0.5) is 0 Å². The van der Waals surface area contributed by atoms with Gasteiger partial charge in [-0.25, -0.2) is 0 Å². The van der Waals surface area contributed by atoms with Gasteiger partial charge in [-0.3, -0.25) is 9.59 Å². The van der Waals surface area contributed by atoms with Gasteiger partial charge < -0.3 is 14.9 Å². The van der Waals surface area contributed by atoms with E-state index in [0.717, 1.165) is 49.7 Å². The second kappa shape index (κ2) is 25.3. The first-order chi connectivity index (χ1) is 22.0. The third-order valence-corrected chi connectivity index (χ3v) is 10.5. The minimum Gasteiger partial charge on any atom is -0.507 e. The smallest absolute Gasteiger partial charge is 0.307 e. The van der Waals surface area contributed by atoms with Gasteiger partial charge in [0.2, 0.25) is 0 Å². The number of benzene rings is 1. The summed E-state index contributed by atoms with van der Waals surface area (Å²) < 4.78 is 5.43. The number of rotatable bonds is 28. The number of carbonyl (C=O) groups excluding carboxylic acids is 1. The Labute approximate surface area is 287 Å². The van der Waals surface area contributed by atoms with Gasteiger partial charge in [0.1, 0.15) is 12.4 Å². The first-order valence-corrected chi connectivity index (χ1v) is 19.8. The van der Waals surface area contributed by atoms with Gasteiger partial charge in [0, 0.05) is 17.4 Å². The van der Waals surface area contributed by atoms with E-state index in [1.807, 2.05) is 13.8 Å². The van der Waals surface area contributed by atoms with Crippen molar-refractivity contribution in [1.82, 2.24) is 0 Å². The fraction of sp³-hybridized carbons (Fsp3) is 0.800. The van der Waals surface area contributed by atoms with Crippen molar-refractivity contribution < 1.29 is 24.5 Å². The summed E-state index contributed by atoms with van der Waals surface area (Å²) in [6.07, 6.45) is 24.5. The molecule has 5 nitrogen and oxygen atoms in total. The van der Waals surface area contributed by atoms with Crippen molar-refractivity contribution in [2.45, 2.75) is 187 Å². The van der Waals surface area contributed by atoms with Crippen molar-refractivity contribution in [2.75, 3.05) is 12.4 Å². The van der Waals surface area contributed by atoms with Crippen molar-refractivity contribution in [3.63, 3.8) is 0 Å². The first-order valence-electron chi connectivity index (χ1n) is 18.8. The molecule has 46 heavy (non-hydrogen) atoms. The molecule has 0 fully saturated rings. The predicted molar refractivity (Wildman–Crippen MR) is 197 cm³/mol. The lowest BCUT2D eigenvalue weighted by atomic mass is 9.83. The minimum atomic E-state index is -0.742. The molecule has 2 unspecified atom stereocenters. The van der Waals surface area contributed by atoms with Crippen LogP contribution in [0.25, 0.3) is 0 Å². The molecule has 0 aromatic heterocycles. The Morgan fingerprint density at radius 1 is 0.804 bits per heavy atom. The maximum atomic E-state index is 12.1. The Bertz CT molecular complexity index is 954. The van der Waals surface area contributed by atoms with Crippen LogP contribution in [-0.2, 0) is 26.2 Å². The van der Waals surface area contributed by atoms with Crippen LogP contribution >= 0.6 is 11.8 Å². The zero-order valence-electron chi connectivity index (χ0n) is 30.6. The third kappa shape index (κ3) is 19.9. The summed E-state index contributed by atoms with van der Waals surface area (Å²) >= 11 is 1.59. The van der Waals surface area contributed by atoms with E-state index in [1.54, 1.807) is 11.8 Å². The number of ether oxygens (including phenoxy) is 1. The molecule has 2 N–H and O–H groups in total. The fourth-order valence-electron chi connectivity index (χ4n) is 6.22. The number of hydrogen-bond donors (Lipinski definition) is 2. The van der Waals surface area contributed by atoms with Gasteiger partial charge in [-0.05, 0) is 54.7 Å². The fourth-order valence-corrected chi connectivity index (χ4v) is 7.25. The summed E-state index contributed by atoms with van der Waals surface area (Å²) in [5.41, 5.74) is 3.01. The number of unbranched alkanes of at least 4 members (excludes halogenated alkanes) is 16. The van der Waals surface area contributed by atoms with Crippen molar-refractivity contribution in [2.24, 2.45) is 5.92 Å². The van der Waals surface area contributed by atoms with Gasteiger partial charge in [-0.15, -0.1) is 0 Å². The maximum Gasteiger partial charge on any atom is 0.307 e. The number of carboxylic acids is 1. The minimum absolute atomic E-state index is 0.0270. The highest BCUT2D eigenvalue weighted by atomic mass is 32.2. The monoisotopic (exact) mass is 662 g/mol. The maximum absolute atomic E-state index is 12.1. The van der Waals surface area contributed by atoms with E-state index >= 15 is 0 Å². The zero-order valence-corrected chi connectivity index (χ0v) is 31.4. The molecule has 0 radical (unpaired) electrons. The number of aliphatic carboxylic acids is 1. The summed E-state index contributed by atoms with van der Waals surface area (Å²) in [5.74, 6) is -0.247. The number of aryl methyl sites for hydroxylation is 2. The summed E-state index contributed by atoms with van der Waals surface area (Å²) in [6, 6.07) is 4.19. The van der Waals surface area contributed by atoms with E-state index in [-0.39, 0.29) is 16.6 Å². The number of phenols is 1. The topological polar surface area (TPSA) is 83.8 Å². The number of thioether (sulfide) groups is 1. The number of esters is 1. The van der Waals surface area contributed by atoms with Crippen LogP contribution in [0.2, 0.25) is 0 Å². The highest BCUT2D eigenvalue weighted by Crippen LogP contribution is 2.34. The Morgan fingerprint density at radius 3 is 1.85 bits per heavy atom. The molecule has 0 aliphatic carbocycles. The van der Waals surface area contributed by atoms with Crippen LogP contribution in [-0.4, -0.2) is 39.8 Å². The Kier molecular flexibility index (Phi) is 23.3. The summed E-state index contributed by atoms with van der Waals surface area (Å²) in [7, 11) is 0. The molecule has 0 amide bonds. The van der Waals surface area contributed by atoms with Crippen molar-refractivity contribution >= 4 is 23.7 Å². The van der Waals surface area contributed by atoms with Gasteiger partial charge in [0.15, 0.2) is 0 Å². The standard InChI is InChI=1S/C40H70O5S/c1-7-8-9-10-11-12-13-14-15-16-17-18-19-20-24-27-37(41)45-28-29-46-33(3)35(39(43)44)26-23-21-22-25-34-30-32(2)38(42)36(31-34)40(4,5)6/h30-31,33,35,42H,7-29H2,1-6H3,(H,43,44). The molecule has 0 spiro atoms. The van der Waals surface area contributed by atoms with Crippen LogP contribution in [0.3, 0.4) is 0 Å². The highest BCUT2D eigenvalue weighted by Gasteiger charge is 2.25. The summed E-state index contributed by atoms with van der Waals surface area (Å²) in [4.78, 5) is 24.1. The molecule has 0 aliphatic heterocycles. The zero-order chi connectivity index (χ0) is 34.2. The molecular weight excluding hydrogens is 593 g/mol. The van der Waals surface area contributed by atoms with Gasteiger partial charge in [0.05, 0.1) is 5.92 Å². The number of aromatic hydroxyl groups is 1. The third-order valence-electron chi connectivity index (χ3n) is 9.24. The van der Waals surface area contributed by atoms with Crippen LogP contribution in [0, 0.1) is 12.8 Å². The van der Waals surface area contributed by atoms with E-state index in [9.17, 15) is 19.8 Å². The second-order valence-corrected chi connectivity index (χ2v) is 16.1.